The lowest BCUT2D eigenvalue weighted by atomic mass is 9.90. The highest BCUT2D eigenvalue weighted by molar-refractivity contribution is 5.94. The van der Waals surface area contributed by atoms with Gasteiger partial charge in [-0.25, -0.2) is 0 Å². The van der Waals surface area contributed by atoms with Crippen LogP contribution in [0.15, 0.2) is 48.5 Å². The van der Waals surface area contributed by atoms with Crippen LogP contribution in [-0.4, -0.2) is 29.8 Å². The molecule has 1 aliphatic heterocycles. The summed E-state index contributed by atoms with van der Waals surface area (Å²) in [4.78, 5) is 26.9. The Bertz CT molecular complexity index is 832. The number of hydrogen-bond donors (Lipinski definition) is 1. The van der Waals surface area contributed by atoms with E-state index in [-0.39, 0.29) is 17.9 Å². The van der Waals surface area contributed by atoms with Crippen molar-refractivity contribution >= 4 is 11.8 Å². The van der Waals surface area contributed by atoms with Crippen LogP contribution < -0.4 is 5.32 Å². The Labute approximate surface area is 160 Å². The Kier molecular flexibility index (Phi) is 5.23. The van der Waals surface area contributed by atoms with Crippen LogP contribution >= 0.6 is 0 Å². The number of nitrogens with one attached hydrogen (secondary N) is 1. The summed E-state index contributed by atoms with van der Waals surface area (Å²) < 4.78 is 0. The number of benzene rings is 2. The predicted octanol–water partition coefficient (Wildman–Crippen LogP) is 3.66. The highest BCUT2D eigenvalue weighted by Crippen LogP contribution is 2.23. The number of nitrogens with zero attached hydrogens (tertiary/aromatic N) is 1. The highest BCUT2D eigenvalue weighted by atomic mass is 16.2. The topological polar surface area (TPSA) is 49.4 Å². The van der Waals surface area contributed by atoms with Crippen LogP contribution in [0.25, 0.3) is 0 Å². The smallest absolute Gasteiger partial charge is 0.251 e. The van der Waals surface area contributed by atoms with E-state index < -0.39 is 0 Å². The Balaban J connectivity index is 1.53. The van der Waals surface area contributed by atoms with Crippen LogP contribution in [0.3, 0.4) is 0 Å². The maximum Gasteiger partial charge on any atom is 0.251 e. The molecule has 1 N–H and O–H groups in total. The molecule has 27 heavy (non-hydrogen) atoms. The molecule has 1 unspecified atom stereocenters. The monoisotopic (exact) mass is 362 g/mol. The van der Waals surface area contributed by atoms with Crippen molar-refractivity contribution in [3.05, 3.63) is 70.8 Å². The van der Waals surface area contributed by atoms with Crippen molar-refractivity contribution in [1.29, 1.82) is 0 Å². The zero-order valence-corrected chi connectivity index (χ0v) is 15.6. The molecule has 1 fully saturated rings. The van der Waals surface area contributed by atoms with Gasteiger partial charge in [0, 0.05) is 25.1 Å². The number of carbonyl (C=O) groups is 2. The fraction of sp³-hybridized carbons (Fsp3) is 0.391. The molecule has 0 spiro atoms. The van der Waals surface area contributed by atoms with Crippen molar-refractivity contribution in [3.63, 3.8) is 0 Å². The van der Waals surface area contributed by atoms with E-state index in [2.05, 4.69) is 11.4 Å². The van der Waals surface area contributed by atoms with Crippen molar-refractivity contribution in [3.8, 4) is 0 Å². The molecule has 1 heterocycles. The van der Waals surface area contributed by atoms with Gasteiger partial charge in [-0.3, -0.25) is 9.59 Å². The van der Waals surface area contributed by atoms with Crippen molar-refractivity contribution in [2.45, 2.75) is 44.6 Å². The lowest BCUT2D eigenvalue weighted by Gasteiger charge is -2.25. The van der Waals surface area contributed by atoms with Gasteiger partial charge in [0.1, 0.15) is 0 Å². The molecule has 0 saturated carbocycles. The van der Waals surface area contributed by atoms with Crippen LogP contribution in [-0.2, 0) is 17.6 Å². The quantitative estimate of drug-likeness (QED) is 0.882. The van der Waals surface area contributed by atoms with E-state index >= 15 is 0 Å². The number of fused-ring (bicyclic) bond motifs is 1. The molecule has 1 atom stereocenters. The molecule has 0 bridgehead atoms. The van der Waals surface area contributed by atoms with Crippen LogP contribution in [0, 0.1) is 0 Å². The minimum absolute atomic E-state index is 0.0659. The van der Waals surface area contributed by atoms with Crippen LogP contribution in [0.1, 0.15) is 58.8 Å². The van der Waals surface area contributed by atoms with Crippen LogP contribution in [0.4, 0.5) is 0 Å². The van der Waals surface area contributed by atoms with E-state index in [4.69, 9.17) is 0 Å². The SMILES string of the molecule is O=C(NC(CN1CCCC1=O)c1ccccc1)c1ccc2c(c1)CCCC2. The van der Waals surface area contributed by atoms with Gasteiger partial charge in [0.15, 0.2) is 0 Å². The third-order valence-electron chi connectivity index (χ3n) is 5.69. The minimum Gasteiger partial charge on any atom is -0.343 e. The van der Waals surface area contributed by atoms with Crippen molar-refractivity contribution in [1.82, 2.24) is 10.2 Å². The fourth-order valence-corrected chi connectivity index (χ4v) is 4.15. The molecule has 0 radical (unpaired) electrons. The second-order valence-corrected chi connectivity index (χ2v) is 7.57. The van der Waals surface area contributed by atoms with Gasteiger partial charge in [0.05, 0.1) is 6.04 Å². The maximum absolute atomic E-state index is 13.0. The largest absolute Gasteiger partial charge is 0.343 e. The summed E-state index contributed by atoms with van der Waals surface area (Å²) in [6.45, 7) is 1.30. The Hall–Kier alpha value is -2.62. The van der Waals surface area contributed by atoms with Gasteiger partial charge >= 0.3 is 0 Å². The van der Waals surface area contributed by atoms with Gasteiger partial charge in [0.25, 0.3) is 5.91 Å². The average molecular weight is 362 g/mol. The van der Waals surface area contributed by atoms with Crippen molar-refractivity contribution in [2.75, 3.05) is 13.1 Å². The number of likely N-dealkylation sites (tertiary alicyclic amines) is 1. The van der Waals surface area contributed by atoms with Crippen molar-refractivity contribution in [2.24, 2.45) is 0 Å². The second-order valence-electron chi connectivity index (χ2n) is 7.57. The third-order valence-corrected chi connectivity index (χ3v) is 5.69. The van der Waals surface area contributed by atoms with Gasteiger partial charge in [-0.2, -0.15) is 0 Å². The standard InChI is InChI=1S/C23H26N2O2/c26-22-11-6-14-25(22)16-21(18-8-2-1-3-9-18)24-23(27)20-13-12-17-7-4-5-10-19(17)15-20/h1-3,8-9,12-13,15,21H,4-7,10-11,14,16H2,(H,24,27). The average Bonchev–Trinajstić information content (AvgIpc) is 3.12. The Morgan fingerprint density at radius 3 is 2.48 bits per heavy atom. The van der Waals surface area contributed by atoms with Gasteiger partial charge in [-0.05, 0) is 60.9 Å². The summed E-state index contributed by atoms with van der Waals surface area (Å²) in [6, 6.07) is 15.8. The first-order chi connectivity index (χ1) is 13.2. The zero-order chi connectivity index (χ0) is 18.6. The zero-order valence-electron chi connectivity index (χ0n) is 15.6. The molecule has 4 heteroatoms. The fourth-order valence-electron chi connectivity index (χ4n) is 4.15. The summed E-state index contributed by atoms with van der Waals surface area (Å²) in [7, 11) is 0. The molecule has 4 rings (SSSR count). The molecule has 4 nitrogen and oxygen atoms in total. The number of amides is 2. The van der Waals surface area contributed by atoms with E-state index in [1.807, 2.05) is 47.4 Å². The first-order valence-corrected chi connectivity index (χ1v) is 9.96. The van der Waals surface area contributed by atoms with Gasteiger partial charge in [-0.15, -0.1) is 0 Å². The lowest BCUT2D eigenvalue weighted by molar-refractivity contribution is -0.128. The molecular formula is C23H26N2O2. The van der Waals surface area contributed by atoms with Crippen LogP contribution in [0.5, 0.6) is 0 Å². The maximum atomic E-state index is 13.0. The number of hydrogen-bond acceptors (Lipinski definition) is 2. The first-order valence-electron chi connectivity index (χ1n) is 9.96. The van der Waals surface area contributed by atoms with Gasteiger partial charge in [-0.1, -0.05) is 36.4 Å². The van der Waals surface area contributed by atoms with E-state index in [9.17, 15) is 9.59 Å². The van der Waals surface area contributed by atoms with E-state index in [1.165, 1.54) is 24.0 Å². The summed E-state index contributed by atoms with van der Waals surface area (Å²) in [6.07, 6.45) is 6.11. The number of carbonyl (C=O) groups excluding carboxylic acids is 2. The molecule has 2 amide bonds. The molecule has 2 aromatic rings. The number of rotatable bonds is 5. The summed E-state index contributed by atoms with van der Waals surface area (Å²) in [5.74, 6) is 0.114. The molecule has 2 aromatic carbocycles. The molecule has 1 saturated heterocycles. The molecular weight excluding hydrogens is 336 g/mol. The Morgan fingerprint density at radius 1 is 0.963 bits per heavy atom. The minimum atomic E-state index is -0.197. The number of aryl methyl sites for hydroxylation is 2. The summed E-state index contributed by atoms with van der Waals surface area (Å²) in [5.41, 5.74) is 4.42. The van der Waals surface area contributed by atoms with E-state index in [1.54, 1.807) is 0 Å². The lowest BCUT2D eigenvalue weighted by Crippen LogP contribution is -2.38. The highest BCUT2D eigenvalue weighted by Gasteiger charge is 2.25. The van der Waals surface area contributed by atoms with E-state index in [0.29, 0.717) is 18.5 Å². The summed E-state index contributed by atoms with van der Waals surface area (Å²) >= 11 is 0. The predicted molar refractivity (Wildman–Crippen MR) is 106 cm³/mol. The second kappa shape index (κ2) is 7.95. The Morgan fingerprint density at radius 2 is 1.74 bits per heavy atom. The summed E-state index contributed by atoms with van der Waals surface area (Å²) in [5, 5.41) is 3.17. The van der Waals surface area contributed by atoms with Crippen LogP contribution in [0.2, 0.25) is 0 Å². The van der Waals surface area contributed by atoms with Gasteiger partial charge < -0.3 is 10.2 Å². The molecule has 1 aliphatic carbocycles. The van der Waals surface area contributed by atoms with Crippen molar-refractivity contribution < 1.29 is 9.59 Å². The normalized spacial score (nSPS) is 17.5. The molecule has 140 valence electrons. The van der Waals surface area contributed by atoms with Gasteiger partial charge in [0.2, 0.25) is 5.91 Å². The first kappa shape index (κ1) is 17.8. The molecule has 0 aromatic heterocycles. The third kappa shape index (κ3) is 4.05. The van der Waals surface area contributed by atoms with E-state index in [0.717, 1.165) is 31.4 Å². The molecule has 2 aliphatic rings.